The second kappa shape index (κ2) is 15.4. The van der Waals surface area contributed by atoms with Gasteiger partial charge in [-0.3, -0.25) is 14.8 Å². The molecule has 254 valence electrons. The third-order valence-corrected chi connectivity index (χ3v) is 6.47. The molecule has 1 aromatic carbocycles. The van der Waals surface area contributed by atoms with Gasteiger partial charge in [-0.05, 0) is 50.6 Å². The van der Waals surface area contributed by atoms with E-state index in [-0.39, 0.29) is 18.3 Å². The number of hydrogen-bond donors (Lipinski definition) is 4. The van der Waals surface area contributed by atoms with E-state index in [9.17, 15) is 14.4 Å². The smallest absolute Gasteiger partial charge is 0.407 e. The summed E-state index contributed by atoms with van der Waals surface area (Å²) in [6.45, 7) is 7.44. The monoisotopic (exact) mass is 662 g/mol. The van der Waals surface area contributed by atoms with Crippen LogP contribution in [0.4, 0.5) is 21.2 Å². The predicted octanol–water partition coefficient (Wildman–Crippen LogP) is 3.13. The van der Waals surface area contributed by atoms with Crippen molar-refractivity contribution < 1.29 is 33.0 Å². The summed E-state index contributed by atoms with van der Waals surface area (Å²) in [5.41, 5.74) is 1.58. The van der Waals surface area contributed by atoms with E-state index < -0.39 is 17.7 Å². The van der Waals surface area contributed by atoms with Crippen molar-refractivity contribution in [3.63, 3.8) is 0 Å². The van der Waals surface area contributed by atoms with Gasteiger partial charge in [0.15, 0.2) is 17.1 Å². The van der Waals surface area contributed by atoms with Crippen LogP contribution in [-0.4, -0.2) is 92.5 Å². The number of urea groups is 1. The molecule has 0 aliphatic heterocycles. The van der Waals surface area contributed by atoms with Gasteiger partial charge in [-0.15, -0.1) is 5.10 Å². The highest BCUT2D eigenvalue weighted by atomic mass is 16.6. The molecule has 17 heteroatoms. The molecule has 0 saturated carbocycles. The molecule has 0 atom stereocenters. The Morgan fingerprint density at radius 1 is 0.896 bits per heavy atom. The molecule has 0 spiro atoms. The highest BCUT2D eigenvalue weighted by molar-refractivity contribution is 6.00. The summed E-state index contributed by atoms with van der Waals surface area (Å²) in [4.78, 5) is 45.9. The highest BCUT2D eigenvalue weighted by Gasteiger charge is 2.19. The number of ether oxygens (including phenoxy) is 3. The molecule has 0 unspecified atom stereocenters. The minimum Gasteiger partial charge on any atom is -0.461 e. The van der Waals surface area contributed by atoms with Crippen molar-refractivity contribution in [2.24, 2.45) is 7.05 Å². The Balaban J connectivity index is 1.02. The van der Waals surface area contributed by atoms with Gasteiger partial charge in [0.1, 0.15) is 5.60 Å². The lowest BCUT2D eigenvalue weighted by Crippen LogP contribution is -2.34. The zero-order valence-corrected chi connectivity index (χ0v) is 27.1. The molecule has 0 aliphatic carbocycles. The average Bonchev–Trinajstić information content (AvgIpc) is 3.78. The third kappa shape index (κ3) is 9.49. The maximum Gasteiger partial charge on any atom is 0.407 e. The van der Waals surface area contributed by atoms with Crippen LogP contribution in [0.3, 0.4) is 0 Å². The molecule has 4 amide bonds. The number of nitrogens with zero attached hydrogens (tertiary/aromatic N) is 6. The number of aryl methyl sites for hydroxylation is 1. The SMILES string of the molecule is Cn1cc2c(nc(NC(=O)Nc3ccc(CC(=O)NCCOCCOCCNC(=O)OC(C)(C)C)cc3)n3nc(-c4ccco4)nc23)n1. The molecule has 4 aromatic heterocycles. The van der Waals surface area contributed by atoms with Crippen LogP contribution >= 0.6 is 0 Å². The minimum atomic E-state index is -0.553. The van der Waals surface area contributed by atoms with Gasteiger partial charge < -0.3 is 34.6 Å². The van der Waals surface area contributed by atoms with Gasteiger partial charge in [0.2, 0.25) is 17.7 Å². The first-order valence-electron chi connectivity index (χ1n) is 15.2. The Morgan fingerprint density at radius 3 is 2.31 bits per heavy atom. The summed E-state index contributed by atoms with van der Waals surface area (Å²) in [5, 5.41) is 20.4. The summed E-state index contributed by atoms with van der Waals surface area (Å²) in [6.07, 6.45) is 2.97. The van der Waals surface area contributed by atoms with Crippen LogP contribution in [0.5, 0.6) is 0 Å². The Labute approximate surface area is 275 Å². The normalized spacial score (nSPS) is 11.5. The molecule has 0 bridgehead atoms. The standard InChI is InChI=1S/C31H38N10O7/c1-31(2,3)48-30(44)33-12-15-46-17-16-45-14-11-32-24(42)18-20-7-9-21(10-8-20)34-29(43)37-28-36-25-22(19-40(4)38-25)27-35-26(39-41(27)28)23-6-5-13-47-23/h5-10,13,19H,11-12,14-18H2,1-4H3,(H,32,42)(H,33,44)(H2,34,36,37,38,43). The topological polar surface area (TPSA) is 201 Å². The number of furan rings is 1. The molecule has 0 saturated heterocycles. The Kier molecular flexibility index (Phi) is 10.8. The van der Waals surface area contributed by atoms with Gasteiger partial charge in [0.25, 0.3) is 0 Å². The Hall–Kier alpha value is -5.55. The number of anilines is 2. The van der Waals surface area contributed by atoms with Gasteiger partial charge in [0.05, 0.1) is 44.5 Å². The predicted molar refractivity (Wildman–Crippen MR) is 174 cm³/mol. The molecule has 5 rings (SSSR count). The van der Waals surface area contributed by atoms with Crippen LogP contribution in [0.25, 0.3) is 28.3 Å². The molecule has 4 N–H and O–H groups in total. The number of fused-ring (bicyclic) bond motifs is 3. The van der Waals surface area contributed by atoms with E-state index in [1.54, 1.807) is 75.1 Å². The summed E-state index contributed by atoms with van der Waals surface area (Å²) in [6, 6.07) is 9.82. The minimum absolute atomic E-state index is 0.122. The number of nitrogens with one attached hydrogen (secondary N) is 4. The summed E-state index contributed by atoms with van der Waals surface area (Å²) in [5.74, 6) is 0.763. The first-order chi connectivity index (χ1) is 23.0. The largest absolute Gasteiger partial charge is 0.461 e. The molecular weight excluding hydrogens is 624 g/mol. The van der Waals surface area contributed by atoms with E-state index in [4.69, 9.17) is 18.6 Å². The van der Waals surface area contributed by atoms with Crippen molar-refractivity contribution in [3.05, 3.63) is 54.4 Å². The van der Waals surface area contributed by atoms with Crippen LogP contribution in [-0.2, 0) is 32.5 Å². The number of rotatable bonds is 14. The van der Waals surface area contributed by atoms with Crippen LogP contribution in [0.15, 0.2) is 53.3 Å². The summed E-state index contributed by atoms with van der Waals surface area (Å²) < 4.78 is 24.5. The third-order valence-electron chi connectivity index (χ3n) is 6.47. The van der Waals surface area contributed by atoms with E-state index >= 15 is 0 Å². The maximum atomic E-state index is 12.9. The van der Waals surface area contributed by atoms with E-state index in [1.165, 1.54) is 10.8 Å². The molecule has 48 heavy (non-hydrogen) atoms. The number of amides is 4. The van der Waals surface area contributed by atoms with E-state index in [1.807, 2.05) is 0 Å². The molecule has 5 aromatic rings. The number of carbonyl (C=O) groups excluding carboxylic acids is 3. The second-order valence-electron chi connectivity index (χ2n) is 11.6. The quantitative estimate of drug-likeness (QED) is 0.127. The summed E-state index contributed by atoms with van der Waals surface area (Å²) in [7, 11) is 1.77. The van der Waals surface area contributed by atoms with Crippen LogP contribution < -0.4 is 21.3 Å². The van der Waals surface area contributed by atoms with Crippen molar-refractivity contribution in [3.8, 4) is 11.6 Å². The number of carbonyl (C=O) groups is 3. The lowest BCUT2D eigenvalue weighted by atomic mass is 10.1. The van der Waals surface area contributed by atoms with Gasteiger partial charge >= 0.3 is 12.1 Å². The van der Waals surface area contributed by atoms with Crippen LogP contribution in [0, 0.1) is 0 Å². The van der Waals surface area contributed by atoms with Gasteiger partial charge in [-0.25, -0.2) is 14.6 Å². The first kappa shape index (κ1) is 33.8. The molecular formula is C31H38N10O7. The second-order valence-corrected chi connectivity index (χ2v) is 11.6. The molecule has 0 radical (unpaired) electrons. The highest BCUT2D eigenvalue weighted by Crippen LogP contribution is 2.24. The average molecular weight is 663 g/mol. The van der Waals surface area contributed by atoms with Crippen molar-refractivity contribution in [2.75, 3.05) is 50.2 Å². The number of aromatic nitrogens is 6. The maximum absolute atomic E-state index is 12.9. The molecule has 0 fully saturated rings. The van der Waals surface area contributed by atoms with Crippen LogP contribution in [0.2, 0.25) is 0 Å². The fraction of sp³-hybridized carbons (Fsp3) is 0.387. The fourth-order valence-electron chi connectivity index (χ4n) is 4.43. The lowest BCUT2D eigenvalue weighted by Gasteiger charge is -2.19. The number of hydrogen-bond acceptors (Lipinski definition) is 11. The Morgan fingerprint density at radius 2 is 1.62 bits per heavy atom. The molecule has 0 aliphatic rings. The van der Waals surface area contributed by atoms with Gasteiger partial charge in [-0.1, -0.05) is 12.1 Å². The van der Waals surface area contributed by atoms with Crippen molar-refractivity contribution >= 4 is 46.3 Å². The van der Waals surface area contributed by atoms with Crippen molar-refractivity contribution in [1.29, 1.82) is 0 Å². The first-order valence-corrected chi connectivity index (χ1v) is 15.2. The Bertz CT molecular complexity index is 1840. The zero-order chi connectivity index (χ0) is 34.1. The lowest BCUT2D eigenvalue weighted by molar-refractivity contribution is -0.120. The number of benzene rings is 1. The van der Waals surface area contributed by atoms with Crippen molar-refractivity contribution in [1.82, 2.24) is 40.0 Å². The zero-order valence-electron chi connectivity index (χ0n) is 27.1. The number of alkyl carbamates (subject to hydrolysis) is 1. The molecule has 4 heterocycles. The summed E-state index contributed by atoms with van der Waals surface area (Å²) >= 11 is 0. The van der Waals surface area contributed by atoms with Crippen LogP contribution in [0.1, 0.15) is 26.3 Å². The fourth-order valence-corrected chi connectivity index (χ4v) is 4.43. The van der Waals surface area contributed by atoms with E-state index in [0.717, 1.165) is 5.56 Å². The van der Waals surface area contributed by atoms with Gasteiger partial charge in [0, 0.05) is 32.0 Å². The van der Waals surface area contributed by atoms with Crippen molar-refractivity contribution in [2.45, 2.75) is 32.8 Å². The van der Waals surface area contributed by atoms with Gasteiger partial charge in [-0.2, -0.15) is 14.6 Å². The molecule has 17 nitrogen and oxygen atoms in total. The van der Waals surface area contributed by atoms with E-state index in [0.29, 0.717) is 73.5 Å². The van der Waals surface area contributed by atoms with E-state index in [2.05, 4.69) is 41.4 Å².